The molecule has 0 nitrogen and oxygen atoms in total. The van der Waals surface area contributed by atoms with E-state index in [0.717, 1.165) is 17.2 Å². The number of hydrogen-bond donors (Lipinski definition) is 0. The van der Waals surface area contributed by atoms with Gasteiger partial charge in [0.25, 0.3) is 0 Å². The second-order valence-electron chi connectivity index (χ2n) is 2.89. The Morgan fingerprint density at radius 3 is 2.00 bits per heavy atom. The summed E-state index contributed by atoms with van der Waals surface area (Å²) in [5.41, 5.74) is 0. The molecular formula is C8H17Br. The van der Waals surface area contributed by atoms with Gasteiger partial charge in [-0.1, -0.05) is 43.1 Å². The zero-order chi connectivity index (χ0) is 7.28. The lowest BCUT2D eigenvalue weighted by atomic mass is 9.91. The highest BCUT2D eigenvalue weighted by Gasteiger charge is 2.08. The average Bonchev–Trinajstić information content (AvgIpc) is 1.82. The van der Waals surface area contributed by atoms with Gasteiger partial charge in [0.1, 0.15) is 0 Å². The largest absolute Gasteiger partial charge is 0.0928 e. The summed E-state index contributed by atoms with van der Waals surface area (Å²) in [5.74, 6) is 1.77. The summed E-state index contributed by atoms with van der Waals surface area (Å²) < 4.78 is 0. The predicted octanol–water partition coefficient (Wildman–Crippen LogP) is 3.45. The van der Waals surface area contributed by atoms with Gasteiger partial charge in [-0.05, 0) is 18.3 Å². The van der Waals surface area contributed by atoms with Crippen molar-refractivity contribution in [1.82, 2.24) is 0 Å². The highest BCUT2D eigenvalue weighted by molar-refractivity contribution is 9.09. The summed E-state index contributed by atoms with van der Waals surface area (Å²) in [5, 5.41) is 1.16. The molecule has 0 bridgehead atoms. The molecule has 0 saturated carbocycles. The molecule has 0 aliphatic carbocycles. The van der Waals surface area contributed by atoms with Crippen LogP contribution in [0, 0.1) is 11.8 Å². The summed E-state index contributed by atoms with van der Waals surface area (Å²) in [6, 6.07) is 0. The average molecular weight is 193 g/mol. The lowest BCUT2D eigenvalue weighted by Crippen LogP contribution is -2.07. The first-order chi connectivity index (χ1) is 4.22. The summed E-state index contributed by atoms with van der Waals surface area (Å²) >= 11 is 3.46. The van der Waals surface area contributed by atoms with Gasteiger partial charge in [0.15, 0.2) is 0 Å². The molecule has 0 spiro atoms. The van der Waals surface area contributed by atoms with Crippen LogP contribution >= 0.6 is 15.9 Å². The molecule has 0 amide bonds. The molecule has 1 atom stereocenters. The van der Waals surface area contributed by atoms with Gasteiger partial charge in [0, 0.05) is 5.33 Å². The van der Waals surface area contributed by atoms with E-state index in [9.17, 15) is 0 Å². The number of alkyl halides is 1. The number of hydrogen-bond acceptors (Lipinski definition) is 0. The van der Waals surface area contributed by atoms with Gasteiger partial charge in [-0.15, -0.1) is 0 Å². The van der Waals surface area contributed by atoms with E-state index in [1.165, 1.54) is 12.8 Å². The van der Waals surface area contributed by atoms with E-state index in [0.29, 0.717) is 0 Å². The minimum atomic E-state index is 0.854. The van der Waals surface area contributed by atoms with E-state index in [-0.39, 0.29) is 0 Å². The Balaban J connectivity index is 3.41. The maximum Gasteiger partial charge on any atom is 0.00340 e. The molecule has 0 aliphatic rings. The fraction of sp³-hybridized carbons (Fsp3) is 1.00. The van der Waals surface area contributed by atoms with Crippen LogP contribution in [0.2, 0.25) is 0 Å². The molecule has 0 rings (SSSR count). The zero-order valence-corrected chi connectivity index (χ0v) is 8.24. The van der Waals surface area contributed by atoms with E-state index in [4.69, 9.17) is 0 Å². The van der Waals surface area contributed by atoms with Gasteiger partial charge in [-0.3, -0.25) is 0 Å². The van der Waals surface area contributed by atoms with Gasteiger partial charge < -0.3 is 0 Å². The monoisotopic (exact) mass is 192 g/mol. The molecule has 1 unspecified atom stereocenters. The van der Waals surface area contributed by atoms with Crippen molar-refractivity contribution in [3.05, 3.63) is 0 Å². The smallest absolute Gasteiger partial charge is 0.00340 e. The van der Waals surface area contributed by atoms with Crippen molar-refractivity contribution in [2.75, 3.05) is 5.33 Å². The maximum absolute atomic E-state index is 3.46. The summed E-state index contributed by atoms with van der Waals surface area (Å²) in [6.07, 6.45) is 2.65. The molecular weight excluding hydrogens is 176 g/mol. The second-order valence-corrected chi connectivity index (χ2v) is 3.68. The Kier molecular flexibility index (Phi) is 5.56. The minimum absolute atomic E-state index is 0.854. The molecule has 0 aromatic carbocycles. The molecule has 0 aromatic heterocycles. The highest BCUT2D eigenvalue weighted by Crippen LogP contribution is 2.19. The lowest BCUT2D eigenvalue weighted by Gasteiger charge is -2.16. The highest BCUT2D eigenvalue weighted by atomic mass is 79.9. The van der Waals surface area contributed by atoms with Crippen molar-refractivity contribution >= 4 is 15.9 Å². The number of rotatable bonds is 4. The summed E-state index contributed by atoms with van der Waals surface area (Å²) in [6.45, 7) is 6.88. The van der Waals surface area contributed by atoms with Gasteiger partial charge >= 0.3 is 0 Å². The molecule has 9 heavy (non-hydrogen) atoms. The van der Waals surface area contributed by atoms with E-state index in [1.807, 2.05) is 0 Å². The molecule has 56 valence electrons. The van der Waals surface area contributed by atoms with Crippen LogP contribution in [0.25, 0.3) is 0 Å². The first-order valence-corrected chi connectivity index (χ1v) is 4.90. The fourth-order valence-corrected chi connectivity index (χ4v) is 1.74. The van der Waals surface area contributed by atoms with Crippen LogP contribution in [0.3, 0.4) is 0 Å². The summed E-state index contributed by atoms with van der Waals surface area (Å²) in [7, 11) is 0. The molecule has 0 N–H and O–H groups in total. The van der Waals surface area contributed by atoms with Crippen LogP contribution in [0.1, 0.15) is 33.6 Å². The Labute approximate surface area is 67.2 Å². The minimum Gasteiger partial charge on any atom is -0.0928 e. The van der Waals surface area contributed by atoms with Crippen molar-refractivity contribution in [3.8, 4) is 0 Å². The van der Waals surface area contributed by atoms with Gasteiger partial charge in [-0.2, -0.15) is 0 Å². The van der Waals surface area contributed by atoms with Gasteiger partial charge in [0.2, 0.25) is 0 Å². The van der Waals surface area contributed by atoms with E-state index in [1.54, 1.807) is 0 Å². The third-order valence-electron chi connectivity index (χ3n) is 1.95. The van der Waals surface area contributed by atoms with Crippen molar-refractivity contribution in [3.63, 3.8) is 0 Å². The second kappa shape index (κ2) is 5.28. The molecule has 0 aromatic rings. The Bertz CT molecular complexity index is 59.6. The third-order valence-corrected chi connectivity index (χ3v) is 2.40. The molecule has 0 aliphatic heterocycles. The quantitative estimate of drug-likeness (QED) is 0.600. The van der Waals surface area contributed by atoms with E-state index < -0.39 is 0 Å². The molecule has 0 radical (unpaired) electrons. The van der Waals surface area contributed by atoms with E-state index >= 15 is 0 Å². The van der Waals surface area contributed by atoms with Gasteiger partial charge in [-0.25, -0.2) is 0 Å². The Morgan fingerprint density at radius 2 is 1.89 bits per heavy atom. The van der Waals surface area contributed by atoms with E-state index in [2.05, 4.69) is 36.7 Å². The first kappa shape index (κ1) is 9.48. The van der Waals surface area contributed by atoms with Crippen LogP contribution < -0.4 is 0 Å². The molecule has 0 saturated heterocycles. The molecule has 1 heteroatoms. The molecule has 0 fully saturated rings. The van der Waals surface area contributed by atoms with Crippen LogP contribution in [0.4, 0.5) is 0 Å². The van der Waals surface area contributed by atoms with Crippen molar-refractivity contribution in [1.29, 1.82) is 0 Å². The SMILES string of the molecule is CCC(CCBr)C(C)C. The zero-order valence-electron chi connectivity index (χ0n) is 6.65. The molecule has 0 heterocycles. The predicted molar refractivity (Wildman–Crippen MR) is 47.0 cm³/mol. The van der Waals surface area contributed by atoms with Gasteiger partial charge in [0.05, 0.1) is 0 Å². The fourth-order valence-electron chi connectivity index (χ4n) is 1.15. The van der Waals surface area contributed by atoms with Crippen LogP contribution in [-0.2, 0) is 0 Å². The topological polar surface area (TPSA) is 0 Å². The van der Waals surface area contributed by atoms with Crippen LogP contribution in [0.15, 0.2) is 0 Å². The standard InChI is InChI=1S/C8H17Br/c1-4-8(5-6-9)7(2)3/h7-8H,4-6H2,1-3H3. The van der Waals surface area contributed by atoms with Crippen LogP contribution in [-0.4, -0.2) is 5.33 Å². The Morgan fingerprint density at radius 1 is 1.33 bits per heavy atom. The maximum atomic E-state index is 3.46. The van der Waals surface area contributed by atoms with Crippen LogP contribution in [0.5, 0.6) is 0 Å². The third kappa shape index (κ3) is 3.96. The first-order valence-electron chi connectivity index (χ1n) is 3.78. The lowest BCUT2D eigenvalue weighted by molar-refractivity contribution is 0.365. The van der Waals surface area contributed by atoms with Crippen molar-refractivity contribution < 1.29 is 0 Å². The normalized spacial score (nSPS) is 14.3. The summed E-state index contributed by atoms with van der Waals surface area (Å²) in [4.78, 5) is 0. The van der Waals surface area contributed by atoms with Crippen molar-refractivity contribution in [2.24, 2.45) is 11.8 Å². The Hall–Kier alpha value is 0.480. The van der Waals surface area contributed by atoms with Crippen molar-refractivity contribution in [2.45, 2.75) is 33.6 Å². The number of halogens is 1.